The molecule has 38 heavy (non-hydrogen) atoms. The second kappa shape index (κ2) is 7.64. The SMILES string of the molecule is c1cc2ccc3ccc4c5ccc(c1COCc1ccc6ccc7ccc(c8ccc1c6c78)COC4)c2c35. The third-order valence-corrected chi connectivity index (χ3v) is 8.72. The van der Waals surface area contributed by atoms with Crippen molar-refractivity contribution >= 4 is 64.6 Å². The van der Waals surface area contributed by atoms with E-state index >= 15 is 0 Å². The van der Waals surface area contributed by atoms with Gasteiger partial charge in [0.2, 0.25) is 0 Å². The second-order valence-electron chi connectivity index (χ2n) is 10.7. The van der Waals surface area contributed by atoms with Crippen molar-refractivity contribution in [3.63, 3.8) is 0 Å². The Kier molecular flexibility index (Phi) is 4.18. The second-order valence-corrected chi connectivity index (χ2v) is 10.7. The van der Waals surface area contributed by atoms with E-state index in [9.17, 15) is 0 Å². The molecule has 0 amide bonds. The third kappa shape index (κ3) is 2.79. The minimum Gasteiger partial charge on any atom is -0.372 e. The van der Waals surface area contributed by atoms with Gasteiger partial charge >= 0.3 is 0 Å². The largest absolute Gasteiger partial charge is 0.372 e. The van der Waals surface area contributed by atoms with E-state index in [4.69, 9.17) is 9.47 Å². The average molecular weight is 489 g/mol. The first-order chi connectivity index (χ1) is 18.8. The Balaban J connectivity index is 1.30. The predicted molar refractivity (Wildman–Crippen MR) is 157 cm³/mol. The van der Waals surface area contributed by atoms with Crippen LogP contribution in [0.25, 0.3) is 64.6 Å². The highest BCUT2D eigenvalue weighted by Crippen LogP contribution is 2.40. The standard InChI is InChI=1S/C36H24O2/c1-2-22-6-10-26-18-38-20-28-12-8-24-4-3-23-7-11-27(31-15-16-32(28)36(24)35(23)31)19-37-17-25-9-5-21(1)33-29(25)13-14-30(26)34(22)33/h1-16H,17-20H2. The van der Waals surface area contributed by atoms with Crippen molar-refractivity contribution in [2.75, 3.05) is 0 Å². The summed E-state index contributed by atoms with van der Waals surface area (Å²) in [5, 5.41) is 15.5. The molecule has 4 bridgehead atoms. The Morgan fingerprint density at radius 1 is 0.289 bits per heavy atom. The monoisotopic (exact) mass is 488 g/mol. The zero-order chi connectivity index (χ0) is 24.8. The van der Waals surface area contributed by atoms with Crippen LogP contribution in [0.15, 0.2) is 97.1 Å². The Morgan fingerprint density at radius 3 is 0.789 bits per heavy atom. The lowest BCUT2D eigenvalue weighted by Crippen LogP contribution is -2.00. The topological polar surface area (TPSA) is 18.5 Å². The van der Waals surface area contributed by atoms with E-state index in [0.29, 0.717) is 26.4 Å². The lowest BCUT2D eigenvalue weighted by atomic mass is 9.90. The molecule has 2 nitrogen and oxygen atoms in total. The van der Waals surface area contributed by atoms with Crippen molar-refractivity contribution in [1.82, 2.24) is 0 Å². The van der Waals surface area contributed by atoms with Crippen LogP contribution in [0.1, 0.15) is 22.3 Å². The van der Waals surface area contributed by atoms with Gasteiger partial charge in [0, 0.05) is 0 Å². The first-order valence-corrected chi connectivity index (χ1v) is 13.4. The van der Waals surface area contributed by atoms with Crippen molar-refractivity contribution in [2.24, 2.45) is 0 Å². The molecule has 0 saturated carbocycles. The molecule has 0 spiro atoms. The Bertz CT molecular complexity index is 1880. The number of hydrogen-bond acceptors (Lipinski definition) is 2. The number of fused-ring (bicyclic) bond motifs is 2. The maximum atomic E-state index is 6.45. The van der Waals surface area contributed by atoms with Crippen LogP contribution in [0.2, 0.25) is 0 Å². The molecule has 9 rings (SSSR count). The summed E-state index contributed by atoms with van der Waals surface area (Å²) in [6, 6.07) is 36.0. The van der Waals surface area contributed by atoms with Crippen LogP contribution in [0.3, 0.4) is 0 Å². The van der Waals surface area contributed by atoms with Crippen LogP contribution in [0.5, 0.6) is 0 Å². The van der Waals surface area contributed by atoms with Crippen LogP contribution in [0, 0.1) is 0 Å². The summed E-state index contributed by atoms with van der Waals surface area (Å²) < 4.78 is 12.9. The third-order valence-electron chi connectivity index (χ3n) is 8.72. The van der Waals surface area contributed by atoms with Crippen molar-refractivity contribution in [3.8, 4) is 0 Å². The fourth-order valence-corrected chi connectivity index (χ4v) is 6.89. The summed E-state index contributed by atoms with van der Waals surface area (Å²) in [5.74, 6) is 0. The molecule has 0 radical (unpaired) electrons. The van der Waals surface area contributed by atoms with E-state index in [0.717, 1.165) is 0 Å². The molecule has 0 aliphatic carbocycles. The van der Waals surface area contributed by atoms with Gasteiger partial charge in [0.05, 0.1) is 26.4 Å². The highest BCUT2D eigenvalue weighted by molar-refractivity contribution is 6.25. The zero-order valence-corrected chi connectivity index (χ0v) is 20.9. The summed E-state index contributed by atoms with van der Waals surface area (Å²) in [6.45, 7) is 2.32. The molecule has 8 aromatic carbocycles. The fourth-order valence-electron chi connectivity index (χ4n) is 6.89. The van der Waals surface area contributed by atoms with E-state index in [1.165, 1.54) is 86.9 Å². The quantitative estimate of drug-likeness (QED) is 0.198. The van der Waals surface area contributed by atoms with Crippen LogP contribution in [0.4, 0.5) is 0 Å². The van der Waals surface area contributed by atoms with E-state index in [1.54, 1.807) is 0 Å². The molecule has 1 aliphatic rings. The molecule has 0 atom stereocenters. The summed E-state index contributed by atoms with van der Waals surface area (Å²) >= 11 is 0. The summed E-state index contributed by atoms with van der Waals surface area (Å²) in [5.41, 5.74) is 4.93. The Hall–Kier alpha value is -4.24. The van der Waals surface area contributed by atoms with Gasteiger partial charge in [-0.25, -0.2) is 0 Å². The first-order valence-electron chi connectivity index (χ1n) is 13.4. The molecule has 180 valence electrons. The maximum absolute atomic E-state index is 6.45. The molecule has 0 saturated heterocycles. The summed E-state index contributed by atoms with van der Waals surface area (Å²) in [4.78, 5) is 0. The smallest absolute Gasteiger partial charge is 0.0727 e. The van der Waals surface area contributed by atoms with E-state index in [-0.39, 0.29) is 0 Å². The molecule has 0 aromatic heterocycles. The van der Waals surface area contributed by atoms with Gasteiger partial charge in [-0.1, -0.05) is 97.1 Å². The Labute approximate surface area is 219 Å². The molecular weight excluding hydrogens is 464 g/mol. The maximum Gasteiger partial charge on any atom is 0.0727 e. The minimum absolute atomic E-state index is 0.580. The Morgan fingerprint density at radius 2 is 0.526 bits per heavy atom. The van der Waals surface area contributed by atoms with Crippen LogP contribution in [-0.4, -0.2) is 0 Å². The number of benzene rings is 8. The highest BCUT2D eigenvalue weighted by Gasteiger charge is 2.16. The average Bonchev–Trinajstić information content (AvgIpc) is 2.96. The van der Waals surface area contributed by atoms with Gasteiger partial charge in [0.1, 0.15) is 0 Å². The normalized spacial score (nSPS) is 14.7. The van der Waals surface area contributed by atoms with Gasteiger partial charge in [0.15, 0.2) is 0 Å². The molecule has 0 N–H and O–H groups in total. The van der Waals surface area contributed by atoms with Gasteiger partial charge in [-0.05, 0) is 86.9 Å². The molecule has 2 heteroatoms. The molecule has 0 unspecified atom stereocenters. The van der Waals surface area contributed by atoms with E-state index in [2.05, 4.69) is 97.1 Å². The lowest BCUT2D eigenvalue weighted by Gasteiger charge is -2.18. The zero-order valence-electron chi connectivity index (χ0n) is 20.9. The van der Waals surface area contributed by atoms with Gasteiger partial charge in [-0.2, -0.15) is 0 Å². The van der Waals surface area contributed by atoms with Gasteiger partial charge in [-0.15, -0.1) is 0 Å². The summed E-state index contributed by atoms with van der Waals surface area (Å²) in [6.07, 6.45) is 0. The van der Waals surface area contributed by atoms with Crippen LogP contribution >= 0.6 is 0 Å². The molecule has 1 aliphatic heterocycles. The van der Waals surface area contributed by atoms with E-state index in [1.807, 2.05) is 0 Å². The highest BCUT2D eigenvalue weighted by atomic mass is 16.5. The fraction of sp³-hybridized carbons (Fsp3) is 0.111. The van der Waals surface area contributed by atoms with E-state index < -0.39 is 0 Å². The molecule has 1 heterocycles. The molecular formula is C36H24O2. The van der Waals surface area contributed by atoms with Gasteiger partial charge in [-0.3, -0.25) is 0 Å². The number of rotatable bonds is 0. The number of ether oxygens (including phenoxy) is 2. The molecule has 0 fully saturated rings. The van der Waals surface area contributed by atoms with Crippen molar-refractivity contribution in [3.05, 3.63) is 119 Å². The first kappa shape index (κ1) is 20.8. The van der Waals surface area contributed by atoms with Crippen molar-refractivity contribution < 1.29 is 9.47 Å². The van der Waals surface area contributed by atoms with Gasteiger partial charge < -0.3 is 9.47 Å². The molecule has 8 aromatic rings. The minimum atomic E-state index is 0.580. The van der Waals surface area contributed by atoms with Crippen LogP contribution in [-0.2, 0) is 35.9 Å². The van der Waals surface area contributed by atoms with Crippen molar-refractivity contribution in [2.45, 2.75) is 26.4 Å². The lowest BCUT2D eigenvalue weighted by molar-refractivity contribution is 0.108. The van der Waals surface area contributed by atoms with Crippen molar-refractivity contribution in [1.29, 1.82) is 0 Å². The van der Waals surface area contributed by atoms with Crippen LogP contribution < -0.4 is 0 Å². The summed E-state index contributed by atoms with van der Waals surface area (Å²) in [7, 11) is 0. The number of hydrogen-bond donors (Lipinski definition) is 0. The van der Waals surface area contributed by atoms with Gasteiger partial charge in [0.25, 0.3) is 0 Å². The predicted octanol–water partition coefficient (Wildman–Crippen LogP) is 9.23.